The van der Waals surface area contributed by atoms with Crippen LogP contribution in [0.5, 0.6) is 5.75 Å². The molecule has 0 saturated carbocycles. The molecule has 7 nitrogen and oxygen atoms in total. The Kier molecular flexibility index (Phi) is 7.60. The summed E-state index contributed by atoms with van der Waals surface area (Å²) in [6.07, 6.45) is 3.08. The molecule has 1 aliphatic rings. The summed E-state index contributed by atoms with van der Waals surface area (Å²) in [6.45, 7) is 3.97. The van der Waals surface area contributed by atoms with Crippen molar-refractivity contribution < 1.29 is 23.1 Å². The van der Waals surface area contributed by atoms with E-state index >= 15 is 0 Å². The van der Waals surface area contributed by atoms with Crippen molar-refractivity contribution in [2.75, 3.05) is 29.3 Å². The van der Waals surface area contributed by atoms with Crippen LogP contribution >= 0.6 is 0 Å². The van der Waals surface area contributed by atoms with Gasteiger partial charge in [0, 0.05) is 18.8 Å². The van der Waals surface area contributed by atoms with E-state index in [2.05, 4.69) is 33.9 Å². The topological polar surface area (TPSA) is 95.9 Å². The maximum atomic E-state index is 12.9. The van der Waals surface area contributed by atoms with E-state index in [0.29, 0.717) is 18.3 Å². The number of anilines is 2. The first-order valence-corrected chi connectivity index (χ1v) is 13.3. The van der Waals surface area contributed by atoms with Crippen molar-refractivity contribution in [1.29, 1.82) is 0 Å². The van der Waals surface area contributed by atoms with Crippen molar-refractivity contribution in [1.82, 2.24) is 0 Å². The summed E-state index contributed by atoms with van der Waals surface area (Å²) in [6, 6.07) is 21.3. The first-order chi connectivity index (χ1) is 16.9. The zero-order valence-corrected chi connectivity index (χ0v) is 20.5. The molecule has 4 rings (SSSR count). The second-order valence-corrected chi connectivity index (χ2v) is 10.3. The highest BCUT2D eigenvalue weighted by molar-refractivity contribution is 7.92. The molecule has 1 heterocycles. The summed E-state index contributed by atoms with van der Waals surface area (Å²) in [5, 5.41) is 9.79. The molecule has 35 heavy (non-hydrogen) atoms. The summed E-state index contributed by atoms with van der Waals surface area (Å²) in [5.74, 6) is -0.0300. The Labute approximate surface area is 206 Å². The Morgan fingerprint density at radius 2 is 1.71 bits per heavy atom. The van der Waals surface area contributed by atoms with Crippen LogP contribution in [0.15, 0.2) is 77.7 Å². The first kappa shape index (κ1) is 24.6. The highest BCUT2D eigenvalue weighted by atomic mass is 32.2. The fraction of sp³-hybridized carbons (Fsp3) is 0.296. The minimum atomic E-state index is -3.96. The van der Waals surface area contributed by atoms with Gasteiger partial charge in [-0.15, -0.1) is 0 Å². The predicted molar refractivity (Wildman–Crippen MR) is 137 cm³/mol. The first-order valence-electron chi connectivity index (χ1n) is 11.8. The molecule has 1 saturated heterocycles. The molecule has 0 radical (unpaired) electrons. The Bertz CT molecular complexity index is 1250. The number of rotatable bonds is 9. The molecule has 0 aromatic heterocycles. The Hall–Kier alpha value is -3.52. The molecule has 1 aliphatic heterocycles. The van der Waals surface area contributed by atoms with Crippen LogP contribution in [0.25, 0.3) is 0 Å². The fourth-order valence-corrected chi connectivity index (χ4v) is 5.50. The van der Waals surface area contributed by atoms with Crippen LogP contribution in [0, 0.1) is 5.92 Å². The van der Waals surface area contributed by atoms with Crippen molar-refractivity contribution in [2.45, 2.75) is 31.1 Å². The molecule has 3 aromatic carbocycles. The number of hydrogen-bond acceptors (Lipinski definition) is 5. The monoisotopic (exact) mass is 494 g/mol. The summed E-state index contributed by atoms with van der Waals surface area (Å²) in [4.78, 5) is 14.2. The molecular weight excluding hydrogens is 464 g/mol. The number of carboxylic acid groups (broad SMARTS) is 1. The summed E-state index contributed by atoms with van der Waals surface area (Å²) in [5.41, 5.74) is 2.07. The lowest BCUT2D eigenvalue weighted by Gasteiger charge is -2.34. The van der Waals surface area contributed by atoms with Crippen molar-refractivity contribution in [3.05, 3.63) is 83.9 Å². The second kappa shape index (κ2) is 10.8. The Morgan fingerprint density at radius 1 is 1.03 bits per heavy atom. The number of benzene rings is 3. The molecule has 8 heteroatoms. The van der Waals surface area contributed by atoms with Crippen LogP contribution in [0.1, 0.15) is 35.7 Å². The van der Waals surface area contributed by atoms with Crippen molar-refractivity contribution in [3.8, 4) is 5.75 Å². The number of nitrogens with zero attached hydrogens (tertiary/aromatic N) is 1. The van der Waals surface area contributed by atoms with E-state index < -0.39 is 16.0 Å². The molecule has 0 aliphatic carbocycles. The largest absolute Gasteiger partial charge is 0.494 e. The smallest absolute Gasteiger partial charge is 0.337 e. The van der Waals surface area contributed by atoms with Crippen LogP contribution in [0.2, 0.25) is 0 Å². The van der Waals surface area contributed by atoms with E-state index in [9.17, 15) is 18.3 Å². The van der Waals surface area contributed by atoms with Gasteiger partial charge in [0.1, 0.15) is 5.75 Å². The van der Waals surface area contributed by atoms with Crippen LogP contribution in [-0.2, 0) is 16.4 Å². The van der Waals surface area contributed by atoms with Gasteiger partial charge in [-0.05, 0) is 80.1 Å². The van der Waals surface area contributed by atoms with Gasteiger partial charge in [-0.2, -0.15) is 0 Å². The lowest BCUT2D eigenvalue weighted by Crippen LogP contribution is -2.34. The van der Waals surface area contributed by atoms with Crippen LogP contribution in [-0.4, -0.2) is 39.2 Å². The molecule has 2 N–H and O–H groups in total. The molecule has 0 spiro atoms. The number of nitrogens with one attached hydrogen (secondary N) is 1. The van der Waals surface area contributed by atoms with Gasteiger partial charge < -0.3 is 14.7 Å². The average Bonchev–Trinajstić information content (AvgIpc) is 2.86. The van der Waals surface area contributed by atoms with E-state index in [1.54, 1.807) is 24.3 Å². The van der Waals surface area contributed by atoms with E-state index in [1.165, 1.54) is 23.8 Å². The quantitative estimate of drug-likeness (QED) is 0.433. The zero-order chi connectivity index (χ0) is 24.8. The van der Waals surface area contributed by atoms with Crippen LogP contribution < -0.4 is 14.4 Å². The van der Waals surface area contributed by atoms with E-state index in [4.69, 9.17) is 4.74 Å². The van der Waals surface area contributed by atoms with Crippen molar-refractivity contribution in [2.24, 2.45) is 5.92 Å². The average molecular weight is 495 g/mol. The van der Waals surface area contributed by atoms with Crippen LogP contribution in [0.3, 0.4) is 0 Å². The molecule has 0 bridgehead atoms. The molecule has 184 valence electrons. The SMILES string of the molecule is CCOc1ccc(S(=O)(=O)Nc2ccc(N3CCC(Cc4ccccc4)CC3)cc2C(=O)O)cc1. The third kappa shape index (κ3) is 6.14. The molecule has 0 amide bonds. The molecule has 0 unspecified atom stereocenters. The van der Waals surface area contributed by atoms with Gasteiger partial charge >= 0.3 is 5.97 Å². The van der Waals surface area contributed by atoms with Gasteiger partial charge in [-0.25, -0.2) is 13.2 Å². The standard InChI is InChI=1S/C27H30N2O5S/c1-2-34-23-9-11-24(12-10-23)35(32,33)28-26-13-8-22(19-25(26)27(30)31)29-16-14-21(15-17-29)18-20-6-4-3-5-7-20/h3-13,19,21,28H,2,14-18H2,1H3,(H,30,31). The van der Waals surface area contributed by atoms with E-state index in [1.807, 2.05) is 13.0 Å². The normalized spacial score (nSPS) is 14.5. The maximum absolute atomic E-state index is 12.9. The maximum Gasteiger partial charge on any atom is 0.337 e. The summed E-state index contributed by atoms with van der Waals surface area (Å²) in [7, 11) is -3.96. The predicted octanol–water partition coefficient (Wildman–Crippen LogP) is 5.04. The number of aromatic carboxylic acids is 1. The third-order valence-corrected chi connectivity index (χ3v) is 7.65. The number of hydrogen-bond donors (Lipinski definition) is 2. The van der Waals surface area contributed by atoms with Gasteiger partial charge in [0.25, 0.3) is 10.0 Å². The zero-order valence-electron chi connectivity index (χ0n) is 19.7. The molecule has 3 aromatic rings. The number of carbonyl (C=O) groups is 1. The van der Waals surface area contributed by atoms with Gasteiger partial charge in [0.05, 0.1) is 22.8 Å². The van der Waals surface area contributed by atoms with Gasteiger partial charge in [-0.3, -0.25) is 4.72 Å². The number of sulfonamides is 1. The number of ether oxygens (including phenoxy) is 1. The highest BCUT2D eigenvalue weighted by Gasteiger charge is 2.23. The lowest BCUT2D eigenvalue weighted by molar-refractivity contribution is 0.0698. The van der Waals surface area contributed by atoms with Gasteiger partial charge in [0.2, 0.25) is 0 Å². The fourth-order valence-electron chi connectivity index (χ4n) is 4.42. The van der Waals surface area contributed by atoms with Crippen molar-refractivity contribution >= 4 is 27.4 Å². The Balaban J connectivity index is 1.46. The number of piperidine rings is 1. The molecule has 1 fully saturated rings. The lowest BCUT2D eigenvalue weighted by atomic mass is 9.90. The number of carboxylic acids is 1. The minimum absolute atomic E-state index is 0.0295. The van der Waals surface area contributed by atoms with Crippen LogP contribution in [0.4, 0.5) is 11.4 Å². The minimum Gasteiger partial charge on any atom is -0.494 e. The summed E-state index contributed by atoms with van der Waals surface area (Å²) >= 11 is 0. The van der Waals surface area contributed by atoms with Crippen molar-refractivity contribution in [3.63, 3.8) is 0 Å². The third-order valence-electron chi connectivity index (χ3n) is 6.27. The molecule has 0 atom stereocenters. The second-order valence-electron chi connectivity index (χ2n) is 8.67. The van der Waals surface area contributed by atoms with Gasteiger partial charge in [0.15, 0.2) is 0 Å². The van der Waals surface area contributed by atoms with Gasteiger partial charge in [-0.1, -0.05) is 30.3 Å². The van der Waals surface area contributed by atoms with E-state index in [-0.39, 0.29) is 16.1 Å². The molecular formula is C27H30N2O5S. The Morgan fingerprint density at radius 3 is 2.34 bits per heavy atom. The van der Waals surface area contributed by atoms with E-state index in [0.717, 1.165) is 38.0 Å². The summed E-state index contributed by atoms with van der Waals surface area (Å²) < 4.78 is 33.5. The highest BCUT2D eigenvalue weighted by Crippen LogP contribution is 2.30.